The SMILES string of the molecule is CC[C@H](C)C1C(=O)Nc2ccccc2N1C(=O)c1cnn(C)c1. The molecule has 1 unspecified atom stereocenters. The number of amides is 2. The number of para-hydroxylation sites is 2. The fourth-order valence-electron chi connectivity index (χ4n) is 2.91. The number of nitrogens with one attached hydrogen (secondary N) is 1. The summed E-state index contributed by atoms with van der Waals surface area (Å²) in [6.45, 7) is 4.01. The topological polar surface area (TPSA) is 67.2 Å². The highest BCUT2D eigenvalue weighted by atomic mass is 16.2. The maximum atomic E-state index is 13.0. The first-order chi connectivity index (χ1) is 11.0. The number of nitrogens with zero attached hydrogens (tertiary/aromatic N) is 3. The predicted octanol–water partition coefficient (Wildman–Crippen LogP) is 2.43. The van der Waals surface area contributed by atoms with Crippen molar-refractivity contribution in [2.45, 2.75) is 26.3 Å². The molecular weight excluding hydrogens is 292 g/mol. The van der Waals surface area contributed by atoms with Gasteiger partial charge in [-0.1, -0.05) is 32.4 Å². The smallest absolute Gasteiger partial charge is 0.262 e. The lowest BCUT2D eigenvalue weighted by Crippen LogP contribution is -2.54. The monoisotopic (exact) mass is 312 g/mol. The molecule has 1 aromatic heterocycles. The Labute approximate surface area is 135 Å². The van der Waals surface area contributed by atoms with Crippen LogP contribution in [0.3, 0.4) is 0 Å². The van der Waals surface area contributed by atoms with Crippen molar-refractivity contribution >= 4 is 23.2 Å². The molecule has 0 saturated heterocycles. The Kier molecular flexibility index (Phi) is 3.90. The summed E-state index contributed by atoms with van der Waals surface area (Å²) in [5.74, 6) is -0.301. The van der Waals surface area contributed by atoms with Gasteiger partial charge in [0.15, 0.2) is 0 Å². The van der Waals surface area contributed by atoms with Gasteiger partial charge in [0, 0.05) is 13.2 Å². The first-order valence-corrected chi connectivity index (χ1v) is 7.75. The van der Waals surface area contributed by atoms with Crippen LogP contribution in [0.5, 0.6) is 0 Å². The average molecular weight is 312 g/mol. The van der Waals surface area contributed by atoms with Gasteiger partial charge in [-0.2, -0.15) is 5.10 Å². The molecule has 6 heteroatoms. The van der Waals surface area contributed by atoms with E-state index in [4.69, 9.17) is 0 Å². The third-order valence-corrected chi connectivity index (χ3v) is 4.32. The van der Waals surface area contributed by atoms with Gasteiger partial charge in [0.05, 0.1) is 23.1 Å². The largest absolute Gasteiger partial charge is 0.322 e. The van der Waals surface area contributed by atoms with Crippen LogP contribution in [-0.4, -0.2) is 27.6 Å². The maximum Gasteiger partial charge on any atom is 0.262 e. The lowest BCUT2D eigenvalue weighted by molar-refractivity contribution is -0.118. The minimum Gasteiger partial charge on any atom is -0.322 e. The quantitative estimate of drug-likeness (QED) is 0.946. The molecule has 0 saturated carbocycles. The minimum absolute atomic E-state index is 0.0453. The highest BCUT2D eigenvalue weighted by Gasteiger charge is 2.40. The Morgan fingerprint density at radius 2 is 2.13 bits per heavy atom. The van der Waals surface area contributed by atoms with Gasteiger partial charge >= 0.3 is 0 Å². The number of aromatic nitrogens is 2. The molecular formula is C17H20N4O2. The van der Waals surface area contributed by atoms with Gasteiger partial charge in [0.1, 0.15) is 6.04 Å². The number of fused-ring (bicyclic) bond motifs is 1. The second-order valence-corrected chi connectivity index (χ2v) is 5.91. The molecule has 120 valence electrons. The van der Waals surface area contributed by atoms with Crippen molar-refractivity contribution in [3.05, 3.63) is 42.2 Å². The Morgan fingerprint density at radius 1 is 1.39 bits per heavy atom. The Morgan fingerprint density at radius 3 is 2.78 bits per heavy atom. The molecule has 2 atom stereocenters. The van der Waals surface area contributed by atoms with Crippen molar-refractivity contribution in [1.82, 2.24) is 9.78 Å². The van der Waals surface area contributed by atoms with Crippen molar-refractivity contribution in [1.29, 1.82) is 0 Å². The van der Waals surface area contributed by atoms with Crippen molar-refractivity contribution < 1.29 is 9.59 Å². The number of carbonyl (C=O) groups is 2. The Balaban J connectivity index is 2.10. The molecule has 1 N–H and O–H groups in total. The van der Waals surface area contributed by atoms with Gasteiger partial charge < -0.3 is 5.32 Å². The van der Waals surface area contributed by atoms with E-state index in [-0.39, 0.29) is 17.7 Å². The molecule has 1 aliphatic heterocycles. The van der Waals surface area contributed by atoms with E-state index >= 15 is 0 Å². The second kappa shape index (κ2) is 5.87. The van der Waals surface area contributed by atoms with Crippen LogP contribution in [0.15, 0.2) is 36.7 Å². The van der Waals surface area contributed by atoms with E-state index in [9.17, 15) is 9.59 Å². The Hall–Kier alpha value is -2.63. The molecule has 6 nitrogen and oxygen atoms in total. The van der Waals surface area contributed by atoms with E-state index in [0.29, 0.717) is 11.3 Å². The summed E-state index contributed by atoms with van der Waals surface area (Å²) < 4.78 is 1.58. The number of hydrogen-bond donors (Lipinski definition) is 1. The summed E-state index contributed by atoms with van der Waals surface area (Å²) in [4.78, 5) is 27.2. The number of hydrogen-bond acceptors (Lipinski definition) is 3. The van der Waals surface area contributed by atoms with Gasteiger partial charge in [-0.05, 0) is 18.1 Å². The lowest BCUT2D eigenvalue weighted by Gasteiger charge is -2.39. The van der Waals surface area contributed by atoms with Crippen LogP contribution in [0.25, 0.3) is 0 Å². The van der Waals surface area contributed by atoms with Crippen LogP contribution in [0, 0.1) is 5.92 Å². The van der Waals surface area contributed by atoms with Crippen LogP contribution in [-0.2, 0) is 11.8 Å². The first kappa shape index (κ1) is 15.3. The van der Waals surface area contributed by atoms with Crippen LogP contribution in [0.4, 0.5) is 11.4 Å². The molecule has 2 heterocycles. The molecule has 2 aromatic rings. The Bertz CT molecular complexity index is 753. The van der Waals surface area contributed by atoms with Gasteiger partial charge in [0.2, 0.25) is 5.91 Å². The molecule has 0 aliphatic carbocycles. The molecule has 0 spiro atoms. The van der Waals surface area contributed by atoms with Gasteiger partial charge in [-0.25, -0.2) is 0 Å². The molecule has 0 bridgehead atoms. The predicted molar refractivity (Wildman–Crippen MR) is 88.3 cm³/mol. The summed E-state index contributed by atoms with van der Waals surface area (Å²) in [6.07, 6.45) is 4.01. The van der Waals surface area contributed by atoms with Crippen LogP contribution < -0.4 is 10.2 Å². The van der Waals surface area contributed by atoms with Crippen molar-refractivity contribution in [3.8, 4) is 0 Å². The van der Waals surface area contributed by atoms with E-state index in [2.05, 4.69) is 10.4 Å². The van der Waals surface area contributed by atoms with Gasteiger partial charge in [-0.3, -0.25) is 19.2 Å². The molecule has 1 aliphatic rings. The fourth-order valence-corrected chi connectivity index (χ4v) is 2.91. The van der Waals surface area contributed by atoms with Crippen molar-refractivity contribution in [2.24, 2.45) is 13.0 Å². The van der Waals surface area contributed by atoms with Crippen LogP contribution >= 0.6 is 0 Å². The van der Waals surface area contributed by atoms with Crippen molar-refractivity contribution in [2.75, 3.05) is 10.2 Å². The second-order valence-electron chi connectivity index (χ2n) is 5.91. The summed E-state index contributed by atoms with van der Waals surface area (Å²) in [5, 5.41) is 6.98. The third-order valence-electron chi connectivity index (χ3n) is 4.32. The van der Waals surface area contributed by atoms with Gasteiger partial charge in [-0.15, -0.1) is 0 Å². The molecule has 0 radical (unpaired) electrons. The molecule has 2 amide bonds. The normalized spacial score (nSPS) is 18.3. The molecule has 1 aromatic carbocycles. The van der Waals surface area contributed by atoms with E-state index < -0.39 is 6.04 Å². The van der Waals surface area contributed by atoms with Crippen LogP contribution in [0.1, 0.15) is 30.6 Å². The molecule has 3 rings (SSSR count). The van der Waals surface area contributed by atoms with E-state index in [1.807, 2.05) is 38.1 Å². The number of anilines is 2. The zero-order valence-corrected chi connectivity index (χ0v) is 13.5. The van der Waals surface area contributed by atoms with Crippen LogP contribution in [0.2, 0.25) is 0 Å². The summed E-state index contributed by atoms with van der Waals surface area (Å²) in [7, 11) is 1.76. The number of carbonyl (C=O) groups excluding carboxylic acids is 2. The highest BCUT2D eigenvalue weighted by Crippen LogP contribution is 2.35. The minimum atomic E-state index is -0.525. The third kappa shape index (κ3) is 2.60. The van der Waals surface area contributed by atoms with Gasteiger partial charge in [0.25, 0.3) is 5.91 Å². The average Bonchev–Trinajstić information content (AvgIpc) is 2.98. The standard InChI is InChI=1S/C17H20N4O2/c1-4-11(2)15-16(22)19-13-7-5-6-8-14(13)21(15)17(23)12-9-18-20(3)10-12/h5-11,15H,4H2,1-3H3,(H,19,22)/t11-,15?/m0/s1. The summed E-state index contributed by atoms with van der Waals surface area (Å²) >= 11 is 0. The zero-order chi connectivity index (χ0) is 16.6. The molecule has 23 heavy (non-hydrogen) atoms. The molecule has 0 fully saturated rings. The van der Waals surface area contributed by atoms with E-state index in [1.165, 1.54) is 6.20 Å². The summed E-state index contributed by atoms with van der Waals surface area (Å²) in [6, 6.07) is 6.85. The number of benzene rings is 1. The number of aryl methyl sites for hydroxylation is 1. The fraction of sp³-hybridized carbons (Fsp3) is 0.353. The first-order valence-electron chi connectivity index (χ1n) is 7.75. The number of rotatable bonds is 3. The lowest BCUT2D eigenvalue weighted by atomic mass is 9.93. The highest BCUT2D eigenvalue weighted by molar-refractivity contribution is 6.16. The maximum absolute atomic E-state index is 13.0. The zero-order valence-electron chi connectivity index (χ0n) is 13.5. The van der Waals surface area contributed by atoms with E-state index in [1.54, 1.807) is 22.8 Å². The summed E-state index contributed by atoms with van der Waals surface area (Å²) in [5.41, 5.74) is 1.87. The van der Waals surface area contributed by atoms with E-state index in [0.717, 1.165) is 12.1 Å². The van der Waals surface area contributed by atoms with Crippen molar-refractivity contribution in [3.63, 3.8) is 0 Å².